The van der Waals surface area contributed by atoms with Gasteiger partial charge in [-0.1, -0.05) is 24.3 Å². The molecule has 0 N–H and O–H groups in total. The number of ether oxygens (including phenoxy) is 1. The van der Waals surface area contributed by atoms with Crippen molar-refractivity contribution >= 4 is 10.8 Å². The van der Waals surface area contributed by atoms with E-state index in [0.717, 1.165) is 17.1 Å². The van der Waals surface area contributed by atoms with Crippen molar-refractivity contribution in [2.45, 2.75) is 0 Å². The number of hydrogen-bond donors (Lipinski definition) is 0. The molecule has 0 saturated carbocycles. The molecule has 2 aromatic carbocycles. The van der Waals surface area contributed by atoms with Crippen molar-refractivity contribution < 1.29 is 9.15 Å². The van der Waals surface area contributed by atoms with E-state index in [2.05, 4.69) is 18.2 Å². The van der Waals surface area contributed by atoms with Crippen molar-refractivity contribution in [3.63, 3.8) is 0 Å². The van der Waals surface area contributed by atoms with E-state index in [9.17, 15) is 0 Å². The molecule has 17 heavy (non-hydrogen) atoms. The lowest BCUT2D eigenvalue weighted by atomic mass is 10.0. The highest BCUT2D eigenvalue weighted by molar-refractivity contribution is 5.89. The van der Waals surface area contributed by atoms with Crippen molar-refractivity contribution in [2.24, 2.45) is 0 Å². The topological polar surface area (TPSA) is 22.4 Å². The van der Waals surface area contributed by atoms with Gasteiger partial charge in [0.2, 0.25) is 0 Å². The zero-order valence-electron chi connectivity index (χ0n) is 9.51. The molecular weight excluding hydrogens is 212 g/mol. The molecule has 0 amide bonds. The molecule has 0 bridgehead atoms. The molecule has 1 aromatic heterocycles. The van der Waals surface area contributed by atoms with E-state index in [0.29, 0.717) is 0 Å². The van der Waals surface area contributed by atoms with Crippen LogP contribution in [0.1, 0.15) is 0 Å². The van der Waals surface area contributed by atoms with Crippen LogP contribution in [-0.2, 0) is 0 Å². The van der Waals surface area contributed by atoms with Gasteiger partial charge in [0.15, 0.2) is 0 Å². The standard InChI is InChI=1S/C15H12O2/c1-16-15-10-12-6-3-2-5-11(12)9-13(15)14-7-4-8-17-14/h2-10H,1H3. The molecule has 0 fully saturated rings. The third-order valence-corrected chi connectivity index (χ3v) is 2.85. The lowest BCUT2D eigenvalue weighted by Gasteiger charge is -2.08. The Morgan fingerprint density at radius 1 is 0.941 bits per heavy atom. The third kappa shape index (κ3) is 1.68. The van der Waals surface area contributed by atoms with Crippen LogP contribution in [0.15, 0.2) is 59.2 Å². The van der Waals surface area contributed by atoms with E-state index in [1.54, 1.807) is 13.4 Å². The van der Waals surface area contributed by atoms with Crippen LogP contribution < -0.4 is 4.74 Å². The van der Waals surface area contributed by atoms with Crippen LogP contribution in [0, 0.1) is 0 Å². The van der Waals surface area contributed by atoms with Crippen LogP contribution in [0.3, 0.4) is 0 Å². The predicted molar refractivity (Wildman–Crippen MR) is 68.2 cm³/mol. The smallest absolute Gasteiger partial charge is 0.137 e. The average Bonchev–Trinajstić information content (AvgIpc) is 2.91. The Labute approximate surface area is 99.4 Å². The highest BCUT2D eigenvalue weighted by Gasteiger charge is 2.09. The Bertz CT molecular complexity index is 639. The summed E-state index contributed by atoms with van der Waals surface area (Å²) in [6.45, 7) is 0. The summed E-state index contributed by atoms with van der Waals surface area (Å²) >= 11 is 0. The molecule has 0 radical (unpaired) electrons. The first-order valence-corrected chi connectivity index (χ1v) is 5.49. The first kappa shape index (κ1) is 9.97. The van der Waals surface area contributed by atoms with Gasteiger partial charge in [-0.3, -0.25) is 0 Å². The molecule has 0 aliphatic carbocycles. The Morgan fingerprint density at radius 3 is 2.35 bits per heavy atom. The highest BCUT2D eigenvalue weighted by Crippen LogP contribution is 2.34. The number of rotatable bonds is 2. The van der Waals surface area contributed by atoms with Gasteiger partial charge in [-0.05, 0) is 35.0 Å². The van der Waals surface area contributed by atoms with E-state index in [1.807, 2.05) is 30.3 Å². The van der Waals surface area contributed by atoms with Gasteiger partial charge in [0, 0.05) is 0 Å². The number of fused-ring (bicyclic) bond motifs is 1. The maximum atomic E-state index is 5.43. The van der Waals surface area contributed by atoms with E-state index in [-0.39, 0.29) is 0 Å². The first-order chi connectivity index (χ1) is 8.38. The van der Waals surface area contributed by atoms with Gasteiger partial charge < -0.3 is 9.15 Å². The quantitative estimate of drug-likeness (QED) is 0.653. The minimum atomic E-state index is 0.826. The number of furan rings is 1. The molecule has 0 unspecified atom stereocenters. The van der Waals surface area contributed by atoms with Crippen molar-refractivity contribution in [1.29, 1.82) is 0 Å². The summed E-state index contributed by atoms with van der Waals surface area (Å²) in [5.41, 5.74) is 0.983. The summed E-state index contributed by atoms with van der Waals surface area (Å²) in [4.78, 5) is 0. The molecule has 2 heteroatoms. The Balaban J connectivity index is 2.29. The summed E-state index contributed by atoms with van der Waals surface area (Å²) in [6, 6.07) is 16.1. The fourth-order valence-electron chi connectivity index (χ4n) is 2.01. The molecule has 0 atom stereocenters. The molecule has 2 nitrogen and oxygen atoms in total. The van der Waals surface area contributed by atoms with Crippen LogP contribution >= 0.6 is 0 Å². The minimum Gasteiger partial charge on any atom is -0.496 e. The highest BCUT2D eigenvalue weighted by atomic mass is 16.5. The lowest BCUT2D eigenvalue weighted by Crippen LogP contribution is -1.87. The summed E-state index contributed by atoms with van der Waals surface area (Å²) in [5, 5.41) is 2.35. The number of methoxy groups -OCH3 is 1. The van der Waals surface area contributed by atoms with Crippen molar-refractivity contribution in [2.75, 3.05) is 7.11 Å². The second-order valence-corrected chi connectivity index (χ2v) is 3.88. The molecule has 0 aliphatic heterocycles. The predicted octanol–water partition coefficient (Wildman–Crippen LogP) is 4.11. The zero-order valence-corrected chi connectivity index (χ0v) is 9.51. The fraction of sp³-hybridized carbons (Fsp3) is 0.0667. The van der Waals surface area contributed by atoms with Gasteiger partial charge in [-0.2, -0.15) is 0 Å². The van der Waals surface area contributed by atoms with Crippen LogP contribution in [0.2, 0.25) is 0 Å². The molecule has 84 valence electrons. The number of benzene rings is 2. The lowest BCUT2D eigenvalue weighted by molar-refractivity contribution is 0.415. The Kier molecular flexibility index (Phi) is 2.33. The van der Waals surface area contributed by atoms with Crippen LogP contribution in [0.25, 0.3) is 22.1 Å². The van der Waals surface area contributed by atoms with Gasteiger partial charge >= 0.3 is 0 Å². The minimum absolute atomic E-state index is 0.826. The largest absolute Gasteiger partial charge is 0.496 e. The van der Waals surface area contributed by atoms with E-state index >= 15 is 0 Å². The monoisotopic (exact) mass is 224 g/mol. The van der Waals surface area contributed by atoms with Crippen molar-refractivity contribution in [3.8, 4) is 17.1 Å². The second kappa shape index (κ2) is 3.98. The van der Waals surface area contributed by atoms with Crippen LogP contribution in [0.5, 0.6) is 5.75 Å². The maximum Gasteiger partial charge on any atom is 0.137 e. The van der Waals surface area contributed by atoms with E-state index in [4.69, 9.17) is 9.15 Å². The maximum absolute atomic E-state index is 5.43. The average molecular weight is 224 g/mol. The van der Waals surface area contributed by atoms with Crippen molar-refractivity contribution in [3.05, 3.63) is 54.8 Å². The van der Waals surface area contributed by atoms with Crippen LogP contribution in [0.4, 0.5) is 0 Å². The molecule has 3 rings (SSSR count). The van der Waals surface area contributed by atoms with Crippen molar-refractivity contribution in [1.82, 2.24) is 0 Å². The zero-order chi connectivity index (χ0) is 11.7. The van der Waals surface area contributed by atoms with Crippen LogP contribution in [-0.4, -0.2) is 7.11 Å². The van der Waals surface area contributed by atoms with Gasteiger partial charge in [0.25, 0.3) is 0 Å². The summed E-state index contributed by atoms with van der Waals surface area (Å²) < 4.78 is 10.8. The molecule has 1 heterocycles. The summed E-state index contributed by atoms with van der Waals surface area (Å²) in [6.07, 6.45) is 1.67. The van der Waals surface area contributed by atoms with Gasteiger partial charge in [-0.15, -0.1) is 0 Å². The molecule has 0 aliphatic rings. The summed E-state index contributed by atoms with van der Waals surface area (Å²) in [5.74, 6) is 1.66. The van der Waals surface area contributed by atoms with Gasteiger partial charge in [-0.25, -0.2) is 0 Å². The molecule has 0 saturated heterocycles. The molecule has 3 aromatic rings. The first-order valence-electron chi connectivity index (χ1n) is 5.49. The fourth-order valence-corrected chi connectivity index (χ4v) is 2.01. The number of hydrogen-bond acceptors (Lipinski definition) is 2. The molecule has 0 spiro atoms. The Morgan fingerprint density at radius 2 is 1.71 bits per heavy atom. The molecular formula is C15H12O2. The van der Waals surface area contributed by atoms with Gasteiger partial charge in [0.1, 0.15) is 11.5 Å². The summed E-state index contributed by atoms with van der Waals surface area (Å²) in [7, 11) is 1.68. The SMILES string of the molecule is COc1cc2ccccc2cc1-c1ccco1. The van der Waals surface area contributed by atoms with E-state index in [1.165, 1.54) is 10.8 Å². The van der Waals surface area contributed by atoms with Gasteiger partial charge in [0.05, 0.1) is 18.9 Å². The van der Waals surface area contributed by atoms with E-state index < -0.39 is 0 Å². The second-order valence-electron chi connectivity index (χ2n) is 3.88. The normalized spacial score (nSPS) is 10.6. The Hall–Kier alpha value is -2.22. The third-order valence-electron chi connectivity index (χ3n) is 2.85.